The second-order valence-electron chi connectivity index (χ2n) is 1.95. The maximum Gasteiger partial charge on any atom is -0.0379 e. The van der Waals surface area contributed by atoms with Crippen LogP contribution in [-0.2, 0) is 0 Å². The van der Waals surface area contributed by atoms with Gasteiger partial charge in [-0.2, -0.15) is 0 Å². The normalized spacial score (nSPS) is 10.0. The minimum atomic E-state index is 1.17. The van der Waals surface area contributed by atoms with Gasteiger partial charge in [0.05, 0.1) is 0 Å². The van der Waals surface area contributed by atoms with E-state index in [9.17, 15) is 0 Å². The molecule has 0 heterocycles. The van der Waals surface area contributed by atoms with Gasteiger partial charge in [-0.3, -0.25) is 0 Å². The molecule has 0 aliphatic heterocycles. The van der Waals surface area contributed by atoms with Crippen molar-refractivity contribution in [3.63, 3.8) is 0 Å². The summed E-state index contributed by atoms with van der Waals surface area (Å²) in [5, 5.41) is 0. The number of allylic oxidation sites excluding steroid dienone is 4. The molecule has 0 radical (unpaired) electrons. The van der Waals surface area contributed by atoms with Crippen molar-refractivity contribution < 1.29 is 0 Å². The molecule has 0 spiro atoms. The third-order valence-corrected chi connectivity index (χ3v) is 0.971. The van der Waals surface area contributed by atoms with Gasteiger partial charge in [-0.05, 0) is 26.7 Å². The Morgan fingerprint density at radius 3 is 1.20 bits per heavy atom. The van der Waals surface area contributed by atoms with E-state index in [1.165, 1.54) is 12.8 Å². The molecule has 0 aliphatic rings. The summed E-state index contributed by atoms with van der Waals surface area (Å²) in [6, 6.07) is 0. The maximum atomic E-state index is 2.18. The molecule has 0 amide bonds. The van der Waals surface area contributed by atoms with E-state index in [4.69, 9.17) is 0 Å². The Morgan fingerprint density at radius 2 is 1.10 bits per heavy atom. The lowest BCUT2D eigenvalue weighted by Crippen LogP contribution is -1.51. The fourth-order valence-corrected chi connectivity index (χ4v) is 0.333. The van der Waals surface area contributed by atoms with Gasteiger partial charge in [-0.15, -0.1) is 0 Å². The first kappa shape index (κ1) is 12.2. The first-order valence-electron chi connectivity index (χ1n) is 4.05. The van der Waals surface area contributed by atoms with Gasteiger partial charge >= 0.3 is 0 Å². The Balaban J connectivity index is 0. The van der Waals surface area contributed by atoms with Crippen LogP contribution in [0.25, 0.3) is 0 Å². The van der Waals surface area contributed by atoms with Crippen LogP contribution in [0.5, 0.6) is 0 Å². The topological polar surface area (TPSA) is 0 Å². The van der Waals surface area contributed by atoms with E-state index in [1.807, 2.05) is 26.0 Å². The first-order valence-corrected chi connectivity index (χ1v) is 4.05. The third kappa shape index (κ3) is 25.9. The average Bonchev–Trinajstić information content (AvgIpc) is 2.01. The lowest BCUT2D eigenvalue weighted by Gasteiger charge is -1.72. The van der Waals surface area contributed by atoms with Gasteiger partial charge in [0.1, 0.15) is 0 Å². The molecule has 0 rings (SSSR count). The quantitative estimate of drug-likeness (QED) is 0.509. The first-order chi connectivity index (χ1) is 4.83. The molecule has 0 heteroatoms. The lowest BCUT2D eigenvalue weighted by atomic mass is 10.4. The van der Waals surface area contributed by atoms with Gasteiger partial charge in [0.2, 0.25) is 0 Å². The summed E-state index contributed by atoms with van der Waals surface area (Å²) in [5.41, 5.74) is 0. The van der Waals surface area contributed by atoms with Crippen LogP contribution in [0.4, 0.5) is 0 Å². The maximum absolute atomic E-state index is 2.18. The summed E-state index contributed by atoms with van der Waals surface area (Å²) >= 11 is 0. The van der Waals surface area contributed by atoms with Crippen LogP contribution >= 0.6 is 0 Å². The highest BCUT2D eigenvalue weighted by atomic mass is 13.7. The summed E-state index contributed by atoms with van der Waals surface area (Å²) in [5.74, 6) is 0. The molecule has 10 heavy (non-hydrogen) atoms. The predicted molar refractivity (Wildman–Crippen MR) is 50.2 cm³/mol. The van der Waals surface area contributed by atoms with E-state index < -0.39 is 0 Å². The molecule has 0 aromatic heterocycles. The summed E-state index contributed by atoms with van der Waals surface area (Å²) in [7, 11) is 0. The molecule has 0 saturated heterocycles. The Labute approximate surface area is 65.7 Å². The molecular weight excluding hydrogens is 120 g/mol. The molecule has 0 nitrogen and oxygen atoms in total. The molecule has 0 atom stereocenters. The monoisotopic (exact) mass is 140 g/mol. The van der Waals surface area contributed by atoms with E-state index in [0.717, 1.165) is 0 Å². The second-order valence-corrected chi connectivity index (χ2v) is 1.95. The molecule has 60 valence electrons. The van der Waals surface area contributed by atoms with Gasteiger partial charge in [0.15, 0.2) is 0 Å². The van der Waals surface area contributed by atoms with E-state index in [-0.39, 0.29) is 0 Å². The minimum absolute atomic E-state index is 1.17. The number of hydrogen-bond donors (Lipinski definition) is 0. The van der Waals surface area contributed by atoms with Crippen molar-refractivity contribution in [3.8, 4) is 0 Å². The van der Waals surface area contributed by atoms with Crippen LogP contribution in [0.3, 0.4) is 0 Å². The van der Waals surface area contributed by atoms with Gasteiger partial charge in [0, 0.05) is 0 Å². The van der Waals surface area contributed by atoms with Crippen LogP contribution in [0, 0.1) is 0 Å². The van der Waals surface area contributed by atoms with Crippen molar-refractivity contribution in [2.45, 2.75) is 40.5 Å². The van der Waals surface area contributed by atoms with Gasteiger partial charge in [-0.25, -0.2) is 0 Å². The molecular formula is C10H20. The number of rotatable bonds is 2. The molecule has 0 unspecified atom stereocenters. The zero-order valence-corrected chi connectivity index (χ0v) is 7.72. The summed E-state index contributed by atoms with van der Waals surface area (Å²) < 4.78 is 0. The van der Waals surface area contributed by atoms with Crippen molar-refractivity contribution in [2.75, 3.05) is 0 Å². The molecule has 0 aliphatic carbocycles. The van der Waals surface area contributed by atoms with Gasteiger partial charge in [-0.1, -0.05) is 38.2 Å². The summed E-state index contributed by atoms with van der Waals surface area (Å²) in [6.07, 6.45) is 10.7. The van der Waals surface area contributed by atoms with E-state index in [1.54, 1.807) is 0 Å². The van der Waals surface area contributed by atoms with Crippen molar-refractivity contribution in [2.24, 2.45) is 0 Å². The average molecular weight is 140 g/mol. The predicted octanol–water partition coefficient (Wildman–Crippen LogP) is 3.95. The van der Waals surface area contributed by atoms with Crippen LogP contribution in [-0.4, -0.2) is 0 Å². The molecule has 0 bridgehead atoms. The van der Waals surface area contributed by atoms with Crippen LogP contribution in [0.15, 0.2) is 24.3 Å². The highest BCUT2D eigenvalue weighted by Gasteiger charge is 1.60. The van der Waals surface area contributed by atoms with Gasteiger partial charge < -0.3 is 0 Å². The Bertz CT molecular complexity index is 68.0. The fourth-order valence-electron chi connectivity index (χ4n) is 0.333. The van der Waals surface area contributed by atoms with Crippen LogP contribution in [0.1, 0.15) is 40.5 Å². The van der Waals surface area contributed by atoms with E-state index in [2.05, 4.69) is 26.0 Å². The Hall–Kier alpha value is -0.520. The minimum Gasteiger partial charge on any atom is -0.0919 e. The second kappa shape index (κ2) is 15.8. The Morgan fingerprint density at radius 1 is 0.800 bits per heavy atom. The van der Waals surface area contributed by atoms with Crippen LogP contribution in [0.2, 0.25) is 0 Å². The third-order valence-electron chi connectivity index (χ3n) is 0.971. The molecule has 0 fully saturated rings. The fraction of sp³-hybridized carbons (Fsp3) is 0.600. The van der Waals surface area contributed by atoms with Crippen molar-refractivity contribution in [1.82, 2.24) is 0 Å². The molecule has 0 saturated carbocycles. The zero-order chi connectivity index (χ0) is 8.24. The zero-order valence-electron chi connectivity index (χ0n) is 7.72. The summed E-state index contributed by atoms with van der Waals surface area (Å²) in [6.45, 7) is 8.29. The highest BCUT2D eigenvalue weighted by molar-refractivity contribution is 4.77. The summed E-state index contributed by atoms with van der Waals surface area (Å²) in [4.78, 5) is 0. The largest absolute Gasteiger partial charge is 0.0919 e. The molecule has 0 aromatic rings. The van der Waals surface area contributed by atoms with Crippen molar-refractivity contribution in [1.29, 1.82) is 0 Å². The highest BCUT2D eigenvalue weighted by Crippen LogP contribution is 1.81. The number of hydrogen-bond acceptors (Lipinski definition) is 0. The van der Waals surface area contributed by atoms with E-state index >= 15 is 0 Å². The van der Waals surface area contributed by atoms with E-state index in [0.29, 0.717) is 0 Å². The molecule has 0 aromatic carbocycles. The van der Waals surface area contributed by atoms with Crippen molar-refractivity contribution >= 4 is 0 Å². The van der Waals surface area contributed by atoms with Crippen molar-refractivity contribution in [3.05, 3.63) is 24.3 Å². The SMILES string of the molecule is CC=CC.CCC=CCC. The van der Waals surface area contributed by atoms with Gasteiger partial charge in [0.25, 0.3) is 0 Å². The Kier molecular flexibility index (Phi) is 19.3. The van der Waals surface area contributed by atoms with Crippen LogP contribution < -0.4 is 0 Å². The molecule has 0 N–H and O–H groups in total. The standard InChI is InChI=1S/C6H12.C4H8/c1-3-5-6-4-2;1-3-4-2/h5-6H,3-4H2,1-2H3;3-4H,1-2H3. The lowest BCUT2D eigenvalue weighted by molar-refractivity contribution is 1.16. The smallest absolute Gasteiger partial charge is 0.0379 e.